The maximum absolute atomic E-state index is 9.65. The first kappa shape index (κ1) is 9.30. The van der Waals surface area contributed by atoms with Gasteiger partial charge in [0.05, 0.1) is 10.7 Å². The molecule has 0 fully saturated rings. The lowest BCUT2D eigenvalue weighted by molar-refractivity contribution is 0.477. The highest BCUT2D eigenvalue weighted by atomic mass is 35.5. The Labute approximate surface area is 89.8 Å². The van der Waals surface area contributed by atoms with Crippen molar-refractivity contribution < 1.29 is 5.11 Å². The monoisotopic (exact) mass is 226 g/mol. The lowest BCUT2D eigenvalue weighted by Gasteiger charge is -2.01. The van der Waals surface area contributed by atoms with E-state index in [2.05, 4.69) is 4.98 Å². The van der Waals surface area contributed by atoms with Gasteiger partial charge >= 0.3 is 0 Å². The van der Waals surface area contributed by atoms with Crippen LogP contribution in [0.4, 0.5) is 5.13 Å². The second-order valence-electron chi connectivity index (χ2n) is 2.71. The van der Waals surface area contributed by atoms with Gasteiger partial charge in [-0.1, -0.05) is 17.7 Å². The third kappa shape index (κ3) is 1.54. The van der Waals surface area contributed by atoms with Gasteiger partial charge in [-0.2, -0.15) is 0 Å². The number of nitrogens with two attached hydrogens (primary N) is 1. The van der Waals surface area contributed by atoms with Gasteiger partial charge in [0.2, 0.25) is 0 Å². The van der Waals surface area contributed by atoms with Gasteiger partial charge in [0.1, 0.15) is 5.75 Å². The van der Waals surface area contributed by atoms with E-state index in [1.165, 1.54) is 11.3 Å². The number of nitrogens with zero attached hydrogens (tertiary/aromatic N) is 1. The highest BCUT2D eigenvalue weighted by molar-refractivity contribution is 7.13. The molecule has 0 aliphatic rings. The van der Waals surface area contributed by atoms with Crippen LogP contribution in [-0.2, 0) is 0 Å². The lowest BCUT2D eigenvalue weighted by atomic mass is 10.1. The molecule has 0 unspecified atom stereocenters. The quantitative estimate of drug-likeness (QED) is 0.786. The van der Waals surface area contributed by atoms with Crippen LogP contribution in [0.3, 0.4) is 0 Å². The van der Waals surface area contributed by atoms with E-state index < -0.39 is 0 Å². The number of phenols is 1. The predicted molar refractivity (Wildman–Crippen MR) is 58.6 cm³/mol. The topological polar surface area (TPSA) is 59.1 Å². The number of anilines is 1. The molecule has 5 heteroatoms. The van der Waals surface area contributed by atoms with Crippen LogP contribution in [0.25, 0.3) is 11.3 Å². The number of rotatable bonds is 1. The molecular formula is C9H7ClN2OS. The molecule has 72 valence electrons. The summed E-state index contributed by atoms with van der Waals surface area (Å²) < 4.78 is 0. The van der Waals surface area contributed by atoms with Crippen LogP contribution in [-0.4, -0.2) is 10.1 Å². The van der Waals surface area contributed by atoms with Gasteiger partial charge in [-0.3, -0.25) is 0 Å². The number of hydrogen-bond donors (Lipinski definition) is 2. The number of aromatic hydroxyl groups is 1. The Morgan fingerprint density at radius 3 is 2.86 bits per heavy atom. The normalized spacial score (nSPS) is 10.4. The Bertz CT molecular complexity index is 470. The van der Waals surface area contributed by atoms with E-state index in [0.717, 1.165) is 0 Å². The van der Waals surface area contributed by atoms with Crippen LogP contribution in [0.15, 0.2) is 23.6 Å². The van der Waals surface area contributed by atoms with E-state index in [4.69, 9.17) is 17.3 Å². The van der Waals surface area contributed by atoms with Crippen molar-refractivity contribution in [3.8, 4) is 17.0 Å². The molecule has 0 spiro atoms. The number of thiazole rings is 1. The standard InChI is InChI=1S/C9H7ClN2OS/c10-6-3-1-2-5(8(6)13)7-4-14-9(11)12-7/h1-4,13H,(H2,11,12). The minimum Gasteiger partial charge on any atom is -0.506 e. The zero-order valence-corrected chi connectivity index (χ0v) is 8.64. The molecule has 0 saturated carbocycles. The zero-order valence-electron chi connectivity index (χ0n) is 7.07. The summed E-state index contributed by atoms with van der Waals surface area (Å²) in [4.78, 5) is 4.06. The van der Waals surface area contributed by atoms with Crippen LogP contribution >= 0.6 is 22.9 Å². The Morgan fingerprint density at radius 2 is 2.21 bits per heavy atom. The van der Waals surface area contributed by atoms with Gasteiger partial charge in [-0.15, -0.1) is 11.3 Å². The van der Waals surface area contributed by atoms with Crippen molar-refractivity contribution >= 4 is 28.1 Å². The SMILES string of the molecule is Nc1nc(-c2cccc(Cl)c2O)cs1. The van der Waals surface area contributed by atoms with Crippen molar-refractivity contribution in [1.29, 1.82) is 0 Å². The van der Waals surface area contributed by atoms with Gasteiger partial charge in [0.25, 0.3) is 0 Å². The fourth-order valence-electron chi connectivity index (χ4n) is 1.13. The van der Waals surface area contributed by atoms with Crippen molar-refractivity contribution in [2.45, 2.75) is 0 Å². The molecular weight excluding hydrogens is 220 g/mol. The summed E-state index contributed by atoms with van der Waals surface area (Å²) in [5, 5.41) is 12.2. The molecule has 3 N–H and O–H groups in total. The van der Waals surface area contributed by atoms with E-state index in [0.29, 0.717) is 21.4 Å². The van der Waals surface area contributed by atoms with Crippen molar-refractivity contribution in [1.82, 2.24) is 4.98 Å². The summed E-state index contributed by atoms with van der Waals surface area (Å²) in [5.74, 6) is 0.0412. The average Bonchev–Trinajstić information content (AvgIpc) is 2.57. The largest absolute Gasteiger partial charge is 0.506 e. The van der Waals surface area contributed by atoms with Gasteiger partial charge in [0.15, 0.2) is 5.13 Å². The van der Waals surface area contributed by atoms with Crippen molar-refractivity contribution in [2.75, 3.05) is 5.73 Å². The van der Waals surface area contributed by atoms with Gasteiger partial charge in [-0.25, -0.2) is 4.98 Å². The minimum absolute atomic E-state index is 0.0412. The second-order valence-corrected chi connectivity index (χ2v) is 4.00. The number of nitrogen functional groups attached to an aromatic ring is 1. The molecule has 0 radical (unpaired) electrons. The van der Waals surface area contributed by atoms with Crippen LogP contribution < -0.4 is 5.73 Å². The van der Waals surface area contributed by atoms with Crippen molar-refractivity contribution in [2.24, 2.45) is 0 Å². The minimum atomic E-state index is 0.0412. The highest BCUT2D eigenvalue weighted by Gasteiger charge is 2.09. The molecule has 1 aromatic heterocycles. The molecule has 0 saturated heterocycles. The molecule has 1 aromatic carbocycles. The summed E-state index contributed by atoms with van der Waals surface area (Å²) in [6.45, 7) is 0. The zero-order chi connectivity index (χ0) is 10.1. The molecule has 3 nitrogen and oxygen atoms in total. The summed E-state index contributed by atoms with van der Waals surface area (Å²) >= 11 is 7.09. The molecule has 0 bridgehead atoms. The third-order valence-electron chi connectivity index (χ3n) is 1.78. The highest BCUT2D eigenvalue weighted by Crippen LogP contribution is 2.35. The number of halogens is 1. The molecule has 2 rings (SSSR count). The predicted octanol–water partition coefficient (Wildman–Crippen LogP) is 2.75. The van der Waals surface area contributed by atoms with Crippen LogP contribution in [0, 0.1) is 0 Å². The summed E-state index contributed by atoms with van der Waals surface area (Å²) in [6.07, 6.45) is 0. The van der Waals surface area contributed by atoms with Gasteiger partial charge < -0.3 is 10.8 Å². The van der Waals surface area contributed by atoms with Gasteiger partial charge in [0, 0.05) is 10.9 Å². The van der Waals surface area contributed by atoms with Gasteiger partial charge in [-0.05, 0) is 12.1 Å². The molecule has 0 aliphatic heterocycles. The molecule has 2 aromatic rings. The summed E-state index contributed by atoms with van der Waals surface area (Å²) in [5.41, 5.74) is 6.74. The lowest BCUT2D eigenvalue weighted by Crippen LogP contribution is -1.83. The number of benzene rings is 1. The first-order valence-corrected chi connectivity index (χ1v) is 5.13. The van der Waals surface area contributed by atoms with Crippen LogP contribution in [0.5, 0.6) is 5.75 Å². The summed E-state index contributed by atoms with van der Waals surface area (Å²) in [7, 11) is 0. The van der Waals surface area contributed by atoms with E-state index >= 15 is 0 Å². The maximum atomic E-state index is 9.65. The number of phenolic OH excluding ortho intramolecular Hbond substituents is 1. The van der Waals surface area contributed by atoms with E-state index in [-0.39, 0.29) is 5.75 Å². The average molecular weight is 227 g/mol. The Balaban J connectivity index is 2.57. The molecule has 14 heavy (non-hydrogen) atoms. The van der Waals surface area contributed by atoms with Crippen LogP contribution in [0.1, 0.15) is 0 Å². The Morgan fingerprint density at radius 1 is 1.43 bits per heavy atom. The number of aromatic nitrogens is 1. The number of hydrogen-bond acceptors (Lipinski definition) is 4. The van der Waals surface area contributed by atoms with E-state index in [1.807, 2.05) is 0 Å². The van der Waals surface area contributed by atoms with E-state index in [9.17, 15) is 5.11 Å². The second kappa shape index (κ2) is 3.48. The summed E-state index contributed by atoms with van der Waals surface area (Å²) in [6, 6.07) is 5.12. The molecule has 0 aliphatic carbocycles. The smallest absolute Gasteiger partial charge is 0.180 e. The Hall–Kier alpha value is -1.26. The Kier molecular flexibility index (Phi) is 2.31. The molecule has 1 heterocycles. The van der Waals surface area contributed by atoms with Crippen molar-refractivity contribution in [3.05, 3.63) is 28.6 Å². The molecule has 0 atom stereocenters. The third-order valence-corrected chi connectivity index (χ3v) is 2.76. The first-order chi connectivity index (χ1) is 6.68. The van der Waals surface area contributed by atoms with Crippen molar-refractivity contribution in [3.63, 3.8) is 0 Å². The molecule has 0 amide bonds. The first-order valence-electron chi connectivity index (χ1n) is 3.87. The maximum Gasteiger partial charge on any atom is 0.180 e. The fourth-order valence-corrected chi connectivity index (χ4v) is 1.87. The number of para-hydroxylation sites is 1. The van der Waals surface area contributed by atoms with E-state index in [1.54, 1.807) is 23.6 Å². The fraction of sp³-hybridized carbons (Fsp3) is 0. The van der Waals surface area contributed by atoms with Crippen LogP contribution in [0.2, 0.25) is 5.02 Å².